The van der Waals surface area contributed by atoms with E-state index in [2.05, 4.69) is 44.1 Å². The van der Waals surface area contributed by atoms with E-state index in [1.54, 1.807) is 0 Å². The second-order valence-electron chi connectivity index (χ2n) is 6.38. The predicted molar refractivity (Wildman–Crippen MR) is 92.3 cm³/mol. The van der Waals surface area contributed by atoms with Crippen molar-refractivity contribution in [2.75, 3.05) is 6.54 Å². The van der Waals surface area contributed by atoms with Crippen molar-refractivity contribution in [3.8, 4) is 11.3 Å². The van der Waals surface area contributed by atoms with E-state index < -0.39 is 0 Å². The summed E-state index contributed by atoms with van der Waals surface area (Å²) in [6.45, 7) is 3.73. The molecule has 1 aromatic carbocycles. The van der Waals surface area contributed by atoms with Crippen molar-refractivity contribution in [3.05, 3.63) is 60.2 Å². The van der Waals surface area contributed by atoms with Gasteiger partial charge in [0.25, 0.3) is 0 Å². The van der Waals surface area contributed by atoms with E-state index in [9.17, 15) is 0 Å². The number of likely N-dealkylation sites (tertiary alicyclic amines) is 1. The van der Waals surface area contributed by atoms with Gasteiger partial charge >= 0.3 is 0 Å². The zero-order valence-electron chi connectivity index (χ0n) is 13.9. The van der Waals surface area contributed by atoms with Crippen molar-refractivity contribution >= 4 is 0 Å². The summed E-state index contributed by atoms with van der Waals surface area (Å²) < 4.78 is 5.66. The molecule has 24 heavy (non-hydrogen) atoms. The van der Waals surface area contributed by atoms with Crippen LogP contribution in [0, 0.1) is 6.92 Å². The van der Waals surface area contributed by atoms with E-state index in [4.69, 9.17) is 4.42 Å². The average Bonchev–Trinajstić information content (AvgIpc) is 3.26. The Balaban J connectivity index is 1.55. The first-order valence-corrected chi connectivity index (χ1v) is 8.55. The molecule has 2 aromatic heterocycles. The molecule has 3 aromatic rings. The van der Waals surface area contributed by atoms with Crippen molar-refractivity contribution in [1.29, 1.82) is 0 Å². The summed E-state index contributed by atoms with van der Waals surface area (Å²) in [7, 11) is 0. The number of piperidine rings is 1. The summed E-state index contributed by atoms with van der Waals surface area (Å²) in [5.74, 6) is 2.70. The molecular formula is C19H22N4O. The Labute approximate surface area is 141 Å². The molecule has 1 aliphatic heterocycles. The van der Waals surface area contributed by atoms with E-state index in [1.807, 2.05) is 25.4 Å². The fourth-order valence-corrected chi connectivity index (χ4v) is 3.44. The molecule has 1 N–H and O–H groups in total. The summed E-state index contributed by atoms with van der Waals surface area (Å²) in [6.07, 6.45) is 7.34. The third-order valence-corrected chi connectivity index (χ3v) is 4.64. The molecular weight excluding hydrogens is 300 g/mol. The number of nitrogens with one attached hydrogen (secondary N) is 1. The summed E-state index contributed by atoms with van der Waals surface area (Å²) in [6, 6.07) is 10.6. The van der Waals surface area contributed by atoms with Gasteiger partial charge in [-0.15, -0.1) is 0 Å². The van der Waals surface area contributed by atoms with Gasteiger partial charge < -0.3 is 9.40 Å². The number of nitrogens with zero attached hydrogens (tertiary/aromatic N) is 3. The van der Waals surface area contributed by atoms with Crippen molar-refractivity contribution in [2.24, 2.45) is 0 Å². The van der Waals surface area contributed by atoms with Crippen LogP contribution in [0.25, 0.3) is 11.3 Å². The summed E-state index contributed by atoms with van der Waals surface area (Å²) in [4.78, 5) is 14.8. The van der Waals surface area contributed by atoms with E-state index in [-0.39, 0.29) is 0 Å². The van der Waals surface area contributed by atoms with Gasteiger partial charge in [0.05, 0.1) is 30.7 Å². The van der Waals surface area contributed by atoms with Crippen molar-refractivity contribution in [2.45, 2.75) is 38.8 Å². The van der Waals surface area contributed by atoms with Gasteiger partial charge in [0, 0.05) is 6.92 Å². The normalized spacial score (nSPS) is 18.8. The highest BCUT2D eigenvalue weighted by Gasteiger charge is 2.27. The number of aromatic amines is 1. The maximum atomic E-state index is 5.66. The highest BCUT2D eigenvalue weighted by atomic mass is 16.4. The number of aryl methyl sites for hydroxylation is 1. The molecule has 3 heterocycles. The highest BCUT2D eigenvalue weighted by molar-refractivity contribution is 5.58. The van der Waals surface area contributed by atoms with Crippen molar-refractivity contribution in [3.63, 3.8) is 0 Å². The number of rotatable bonds is 4. The Bertz CT molecular complexity index is 793. The molecule has 0 bridgehead atoms. The zero-order chi connectivity index (χ0) is 16.4. The van der Waals surface area contributed by atoms with E-state index in [0.29, 0.717) is 6.04 Å². The zero-order valence-corrected chi connectivity index (χ0v) is 13.9. The van der Waals surface area contributed by atoms with E-state index in [1.165, 1.54) is 18.4 Å². The lowest BCUT2D eigenvalue weighted by atomic mass is 10.0. The lowest BCUT2D eigenvalue weighted by Crippen LogP contribution is -2.33. The van der Waals surface area contributed by atoms with Gasteiger partial charge in [0.15, 0.2) is 5.89 Å². The summed E-state index contributed by atoms with van der Waals surface area (Å²) in [5.41, 5.74) is 2.25. The first-order valence-electron chi connectivity index (χ1n) is 8.55. The van der Waals surface area contributed by atoms with Crippen LogP contribution in [0.15, 0.2) is 47.1 Å². The SMILES string of the molecule is Cc1ncc(CN2CCCCC2c2ncc(-c3ccccc3)[nH]2)o1. The maximum absolute atomic E-state index is 5.66. The van der Waals surface area contributed by atoms with Gasteiger partial charge in [-0.2, -0.15) is 0 Å². The van der Waals surface area contributed by atoms with Crippen molar-refractivity contribution < 1.29 is 4.42 Å². The number of benzene rings is 1. The Morgan fingerprint density at radius 1 is 1.17 bits per heavy atom. The third-order valence-electron chi connectivity index (χ3n) is 4.64. The molecule has 1 atom stereocenters. The van der Waals surface area contributed by atoms with Crippen LogP contribution in [0.1, 0.15) is 42.8 Å². The fraction of sp³-hybridized carbons (Fsp3) is 0.368. The number of H-pyrrole nitrogens is 1. The molecule has 0 amide bonds. The van der Waals surface area contributed by atoms with Crippen LogP contribution in [-0.2, 0) is 6.54 Å². The Morgan fingerprint density at radius 2 is 2.04 bits per heavy atom. The van der Waals surface area contributed by atoms with E-state index in [0.717, 1.165) is 42.7 Å². The largest absolute Gasteiger partial charge is 0.445 e. The number of imidazole rings is 1. The van der Waals surface area contributed by atoms with Gasteiger partial charge in [0.1, 0.15) is 11.6 Å². The smallest absolute Gasteiger partial charge is 0.191 e. The molecule has 0 spiro atoms. The standard InChI is InChI=1S/C19H22N4O/c1-14-20-11-16(24-14)13-23-10-6-5-9-18(23)19-21-12-17(22-19)15-7-3-2-4-8-15/h2-4,7-8,11-12,18H,5-6,9-10,13H2,1H3,(H,21,22). The second kappa shape index (κ2) is 6.61. The number of hydrogen-bond acceptors (Lipinski definition) is 4. The maximum Gasteiger partial charge on any atom is 0.191 e. The van der Waals surface area contributed by atoms with Crippen LogP contribution in [-0.4, -0.2) is 26.4 Å². The van der Waals surface area contributed by atoms with Crippen LogP contribution < -0.4 is 0 Å². The quantitative estimate of drug-likeness (QED) is 0.785. The molecule has 124 valence electrons. The van der Waals surface area contributed by atoms with Gasteiger partial charge in [0.2, 0.25) is 0 Å². The van der Waals surface area contributed by atoms with Gasteiger partial charge in [-0.05, 0) is 24.9 Å². The summed E-state index contributed by atoms with van der Waals surface area (Å²) in [5, 5.41) is 0. The Hall–Kier alpha value is -2.40. The first-order chi connectivity index (χ1) is 11.8. The molecule has 0 aliphatic carbocycles. The lowest BCUT2D eigenvalue weighted by Gasteiger charge is -2.33. The molecule has 1 aliphatic rings. The molecule has 4 rings (SSSR count). The van der Waals surface area contributed by atoms with Crippen molar-refractivity contribution in [1.82, 2.24) is 19.9 Å². The Morgan fingerprint density at radius 3 is 2.83 bits per heavy atom. The van der Waals surface area contributed by atoms with Crippen LogP contribution >= 0.6 is 0 Å². The Kier molecular flexibility index (Phi) is 4.17. The number of oxazole rings is 1. The lowest BCUT2D eigenvalue weighted by molar-refractivity contribution is 0.124. The van der Waals surface area contributed by atoms with Crippen LogP contribution in [0.5, 0.6) is 0 Å². The van der Waals surface area contributed by atoms with Crippen LogP contribution in [0.2, 0.25) is 0 Å². The number of aromatic nitrogens is 3. The monoisotopic (exact) mass is 322 g/mol. The van der Waals surface area contributed by atoms with E-state index >= 15 is 0 Å². The minimum absolute atomic E-state index is 0.307. The summed E-state index contributed by atoms with van der Waals surface area (Å²) >= 11 is 0. The molecule has 0 saturated carbocycles. The average molecular weight is 322 g/mol. The minimum Gasteiger partial charge on any atom is -0.445 e. The molecule has 5 nitrogen and oxygen atoms in total. The van der Waals surface area contributed by atoms with Gasteiger partial charge in [-0.25, -0.2) is 9.97 Å². The first kappa shape index (κ1) is 15.1. The van der Waals surface area contributed by atoms with Crippen LogP contribution in [0.3, 0.4) is 0 Å². The molecule has 0 radical (unpaired) electrons. The van der Waals surface area contributed by atoms with Gasteiger partial charge in [-0.1, -0.05) is 36.8 Å². The minimum atomic E-state index is 0.307. The molecule has 1 saturated heterocycles. The van der Waals surface area contributed by atoms with Gasteiger partial charge in [-0.3, -0.25) is 4.90 Å². The molecule has 1 fully saturated rings. The molecule has 5 heteroatoms. The second-order valence-corrected chi connectivity index (χ2v) is 6.38. The third kappa shape index (κ3) is 3.12. The molecule has 1 unspecified atom stereocenters. The highest BCUT2D eigenvalue weighted by Crippen LogP contribution is 2.31. The number of hydrogen-bond donors (Lipinski definition) is 1. The fourth-order valence-electron chi connectivity index (χ4n) is 3.44. The van der Waals surface area contributed by atoms with Crippen LogP contribution in [0.4, 0.5) is 0 Å². The topological polar surface area (TPSA) is 58.0 Å². The predicted octanol–water partition coefficient (Wildman–Crippen LogP) is 4.10.